The van der Waals surface area contributed by atoms with Gasteiger partial charge in [0.2, 0.25) is 16.7 Å². The van der Waals surface area contributed by atoms with Crippen molar-refractivity contribution in [3.8, 4) is 68.3 Å². The number of para-hydroxylation sites is 3. The first-order valence-electron chi connectivity index (χ1n) is 46.7. The summed E-state index contributed by atoms with van der Waals surface area (Å²) in [5, 5.41) is 15.7. The molecule has 9 aliphatic rings. The van der Waals surface area contributed by atoms with Crippen LogP contribution in [0.2, 0.25) is 0 Å². The van der Waals surface area contributed by atoms with E-state index in [1.165, 1.54) is 44.5 Å². The van der Waals surface area contributed by atoms with Gasteiger partial charge in [-0.25, -0.2) is 0 Å². The lowest BCUT2D eigenvalue weighted by molar-refractivity contribution is 0.122. The second-order valence-corrected chi connectivity index (χ2v) is 36.5. The number of anilines is 7. The molecule has 0 atom stereocenters. The van der Waals surface area contributed by atoms with E-state index in [4.69, 9.17) is 34.2 Å². The monoisotopic (exact) mass is 1810 g/mol. The van der Waals surface area contributed by atoms with Gasteiger partial charge in [0.05, 0.1) is 56.7 Å². The topological polar surface area (TPSA) is 244 Å². The van der Waals surface area contributed by atoms with Crippen LogP contribution in [0.25, 0.3) is 33.8 Å². The Kier molecular flexibility index (Phi) is 28.9. The minimum atomic E-state index is -0.115. The molecular formula is C107H120BrN13O9. The molecular weight excluding hydrogens is 1690 g/mol. The number of aromatic amines is 3. The first kappa shape index (κ1) is 88.7. The van der Waals surface area contributed by atoms with E-state index < -0.39 is 0 Å². The standard InChI is InChI=1S/C36H40N4O3.C35H39N5O3.C27H30N4O3.C9H11Br/c1-25-5-7-26(8-6-25)11-14-39-15-12-29(13-16-39)37-30-9-10-34-28(22-30)21-27-3-2-4-32(36(27)43-34)33-23-31(24-35(41)38-33)40-17-19-42-20-18-40;36-27-6-4-24(5-7-27)10-13-39-14-11-28(12-15-39)37-29-8-9-33-26(21-29)20-25-2-1-3-31(35(25)43-33)32-22-30(23-34(41)38-32)40-16-18-42-19-17-40;32-26-17-22(31-10-12-33-13-11-31)16-24(30-26)23-3-1-2-18-14-19-15-21(4-5-25(19)34-27(18)23)29-20-6-8-28-9-7-20;1-8-2-4-9(5-3-8)6-7-10/h2-10,22-24,29,37H,11-21H2,1H3,(H,38,41);1-9,21-23,28,37H,10-20,36H2,(H,38,41);1-5,15-17,20,28-29H,6-14H2,(H,30,32);2-5H,6-7H2,1H3. The Bertz CT molecular complexity index is 5800. The van der Waals surface area contributed by atoms with Crippen LogP contribution in [0.15, 0.2) is 233 Å². The lowest BCUT2D eigenvalue weighted by Crippen LogP contribution is -2.40. The van der Waals surface area contributed by atoms with Crippen molar-refractivity contribution >= 4 is 55.7 Å². The predicted octanol–water partition coefficient (Wildman–Crippen LogP) is 17.9. The molecule has 674 valence electrons. The van der Waals surface area contributed by atoms with Crippen LogP contribution in [-0.2, 0) is 52.7 Å². The molecule has 12 heterocycles. The number of nitrogens with one attached hydrogen (secondary N) is 7. The highest BCUT2D eigenvalue weighted by Gasteiger charge is 2.30. The maximum atomic E-state index is 12.7. The molecule has 9 N–H and O–H groups in total. The molecule has 22 nitrogen and oxygen atoms in total. The zero-order valence-electron chi connectivity index (χ0n) is 74.7. The van der Waals surface area contributed by atoms with Crippen molar-refractivity contribution in [2.24, 2.45) is 0 Å². The van der Waals surface area contributed by atoms with E-state index in [9.17, 15) is 14.4 Å². The molecule has 0 radical (unpaired) electrons. The summed E-state index contributed by atoms with van der Waals surface area (Å²) in [5.41, 5.74) is 31.3. The zero-order chi connectivity index (χ0) is 88.7. The molecule has 6 saturated heterocycles. The molecule has 0 bridgehead atoms. The molecule has 9 aliphatic heterocycles. The number of nitrogens with zero attached hydrogens (tertiary/aromatic N) is 5. The highest BCUT2D eigenvalue weighted by molar-refractivity contribution is 9.09. The highest BCUT2D eigenvalue weighted by Crippen LogP contribution is 2.48. The summed E-state index contributed by atoms with van der Waals surface area (Å²) in [6, 6.07) is 76.3. The van der Waals surface area contributed by atoms with Crippen LogP contribution in [-0.4, -0.2) is 179 Å². The van der Waals surface area contributed by atoms with Gasteiger partial charge in [0, 0.05) is 213 Å². The van der Waals surface area contributed by atoms with Crippen molar-refractivity contribution in [2.75, 3.05) is 173 Å². The van der Waals surface area contributed by atoms with Gasteiger partial charge in [-0.3, -0.25) is 14.4 Å². The van der Waals surface area contributed by atoms with Gasteiger partial charge in [-0.2, -0.15) is 0 Å². The van der Waals surface area contributed by atoms with Gasteiger partial charge in [0.25, 0.3) is 0 Å². The number of rotatable bonds is 20. The SMILES string of the molecule is Cc1ccc(CCBr)cc1.Cc1ccc(CCN2CCC(Nc3ccc4c(c3)Cc3cccc(-c5cc(N6CCOCC6)cc(=O)[nH]5)c3O4)CC2)cc1.Nc1ccc(CCN2CCC(Nc3ccc4c(c3)Cc3cccc(-c5cc(N6CCOCC6)cc(=O)[nH]5)c3O4)CC2)cc1.O=c1cc(N2CCOCC2)cc(-c2cccc3c2Oc2ccc(NC4CCNCC4)cc2C3)[nH]1. The lowest BCUT2D eigenvalue weighted by Gasteiger charge is -2.33. The Morgan fingerprint density at radius 1 is 0.362 bits per heavy atom. The lowest BCUT2D eigenvalue weighted by atomic mass is 9.95. The highest BCUT2D eigenvalue weighted by atomic mass is 79.9. The van der Waals surface area contributed by atoms with E-state index in [1.807, 2.05) is 48.5 Å². The number of aryl methyl sites for hydroxylation is 3. The van der Waals surface area contributed by atoms with Crippen LogP contribution < -0.4 is 72.6 Å². The summed E-state index contributed by atoms with van der Waals surface area (Å²) < 4.78 is 36.0. The number of halogens is 1. The van der Waals surface area contributed by atoms with Crippen molar-refractivity contribution in [3.05, 3.63) is 311 Å². The van der Waals surface area contributed by atoms with Crippen molar-refractivity contribution < 1.29 is 28.4 Å². The fourth-order valence-electron chi connectivity index (χ4n) is 19.0. The van der Waals surface area contributed by atoms with Crippen LogP contribution in [0.1, 0.15) is 99.7 Å². The predicted molar refractivity (Wildman–Crippen MR) is 528 cm³/mol. The Labute approximate surface area is 770 Å². The number of benzene rings is 9. The number of H-pyrrole nitrogens is 3. The number of hydrogen-bond donors (Lipinski definition) is 8. The molecule has 23 heteroatoms. The number of morpholine rings is 3. The van der Waals surface area contributed by atoms with E-state index in [-0.39, 0.29) is 16.7 Å². The number of nitrogen functional groups attached to an aromatic ring is 1. The number of pyridine rings is 3. The summed E-state index contributed by atoms with van der Waals surface area (Å²) in [6.07, 6.45) is 12.5. The third-order valence-corrected chi connectivity index (χ3v) is 26.8. The Balaban J connectivity index is 0.000000125. The number of ether oxygens (including phenoxy) is 6. The molecule has 0 saturated carbocycles. The molecule has 0 unspecified atom stereocenters. The fraction of sp³-hybridized carbons (Fsp3) is 0.355. The Morgan fingerprint density at radius 2 is 0.685 bits per heavy atom. The van der Waals surface area contributed by atoms with Crippen LogP contribution >= 0.6 is 15.9 Å². The van der Waals surface area contributed by atoms with Crippen LogP contribution in [0.4, 0.5) is 39.8 Å². The summed E-state index contributed by atoms with van der Waals surface area (Å²) >= 11 is 3.40. The van der Waals surface area contributed by atoms with Gasteiger partial charge in [-0.05, 0) is 221 Å². The summed E-state index contributed by atoms with van der Waals surface area (Å²) in [7, 11) is 0. The van der Waals surface area contributed by atoms with Gasteiger partial charge < -0.3 is 94.9 Å². The van der Waals surface area contributed by atoms with E-state index in [1.54, 1.807) is 18.2 Å². The normalized spacial score (nSPS) is 16.8. The maximum absolute atomic E-state index is 12.7. The molecule has 21 rings (SSSR count). The number of aromatic nitrogens is 3. The smallest absolute Gasteiger partial charge is 0.250 e. The molecule has 130 heavy (non-hydrogen) atoms. The van der Waals surface area contributed by atoms with Gasteiger partial charge in [0.1, 0.15) is 34.5 Å². The molecule has 0 spiro atoms. The van der Waals surface area contributed by atoms with Crippen molar-refractivity contribution in [1.82, 2.24) is 30.1 Å². The fourth-order valence-corrected chi connectivity index (χ4v) is 19.5. The first-order valence-corrected chi connectivity index (χ1v) is 47.8. The molecule has 0 amide bonds. The van der Waals surface area contributed by atoms with Gasteiger partial charge in [-0.1, -0.05) is 124 Å². The first-order chi connectivity index (χ1) is 63.7. The second kappa shape index (κ2) is 42.3. The minimum absolute atomic E-state index is 0.110. The van der Waals surface area contributed by atoms with Crippen LogP contribution in [0.5, 0.6) is 34.5 Å². The quantitative estimate of drug-likeness (QED) is 0.0261. The van der Waals surface area contributed by atoms with Gasteiger partial charge in [-0.15, -0.1) is 0 Å². The largest absolute Gasteiger partial charge is 0.456 e. The van der Waals surface area contributed by atoms with E-state index in [0.29, 0.717) is 57.8 Å². The number of likely N-dealkylation sites (tertiary alicyclic amines) is 2. The van der Waals surface area contributed by atoms with Gasteiger partial charge in [0.15, 0.2) is 0 Å². The van der Waals surface area contributed by atoms with Crippen LogP contribution in [0, 0.1) is 13.8 Å². The van der Waals surface area contributed by atoms with E-state index >= 15 is 0 Å². The molecule has 3 aromatic heterocycles. The van der Waals surface area contributed by atoms with E-state index in [2.05, 4.69) is 242 Å². The Hall–Kier alpha value is -11.9. The third kappa shape index (κ3) is 22.7. The minimum Gasteiger partial charge on any atom is -0.456 e. The van der Waals surface area contributed by atoms with Crippen molar-refractivity contribution in [2.45, 2.75) is 109 Å². The number of fused-ring (bicyclic) bond motifs is 6. The average molecular weight is 1810 g/mol. The molecule has 12 aromatic rings. The third-order valence-electron chi connectivity index (χ3n) is 26.4. The van der Waals surface area contributed by atoms with Crippen molar-refractivity contribution in [1.29, 1.82) is 0 Å². The van der Waals surface area contributed by atoms with E-state index in [0.717, 1.165) is 299 Å². The number of nitrogens with two attached hydrogens (primary N) is 1. The number of piperidine rings is 3. The summed E-state index contributed by atoms with van der Waals surface area (Å²) in [4.78, 5) is 58.7. The summed E-state index contributed by atoms with van der Waals surface area (Å²) in [6.45, 7) is 21.8. The summed E-state index contributed by atoms with van der Waals surface area (Å²) in [5.74, 6) is 5.09. The molecule has 0 aliphatic carbocycles. The Morgan fingerprint density at radius 3 is 1.02 bits per heavy atom. The van der Waals surface area contributed by atoms with Crippen molar-refractivity contribution in [3.63, 3.8) is 0 Å². The number of alkyl halides is 1. The zero-order valence-corrected chi connectivity index (χ0v) is 76.3. The molecule has 9 aromatic carbocycles. The second-order valence-electron chi connectivity index (χ2n) is 35.7. The number of hydrogen-bond acceptors (Lipinski definition) is 19. The van der Waals surface area contributed by atoms with Crippen LogP contribution in [0.3, 0.4) is 0 Å². The van der Waals surface area contributed by atoms with Gasteiger partial charge >= 0.3 is 0 Å². The maximum Gasteiger partial charge on any atom is 0.250 e. The average Bonchev–Trinajstić information content (AvgIpc) is 0.774. The molecule has 6 fully saturated rings.